The van der Waals surface area contributed by atoms with E-state index in [1.165, 1.54) is 6.92 Å². The maximum absolute atomic E-state index is 14.2. The van der Waals surface area contributed by atoms with Gasteiger partial charge in [0.2, 0.25) is 15.9 Å². The molecule has 0 saturated carbocycles. The van der Waals surface area contributed by atoms with Gasteiger partial charge >= 0.3 is 0 Å². The summed E-state index contributed by atoms with van der Waals surface area (Å²) in [6.45, 7) is 2.63. The molecule has 2 aliphatic rings. The van der Waals surface area contributed by atoms with Gasteiger partial charge < -0.3 is 14.8 Å². The van der Waals surface area contributed by atoms with Crippen LogP contribution < -0.4 is 15.8 Å². The van der Waals surface area contributed by atoms with Gasteiger partial charge in [0.25, 0.3) is 5.56 Å². The zero-order valence-corrected chi connectivity index (χ0v) is 23.6. The lowest BCUT2D eigenvalue weighted by Gasteiger charge is -2.43. The Morgan fingerprint density at radius 1 is 0.900 bits per heavy atom. The molecular formula is C31H32N4O4S. The number of sulfonamides is 1. The molecule has 0 unspecified atom stereocenters. The smallest absolute Gasteiger partial charge is 0.250 e. The average Bonchev–Trinajstić information content (AvgIpc) is 2.93. The highest BCUT2D eigenvalue weighted by Gasteiger charge is 2.41. The molecule has 1 N–H and O–H groups in total. The molecule has 3 aromatic carbocycles. The van der Waals surface area contributed by atoms with E-state index in [1.54, 1.807) is 16.4 Å². The van der Waals surface area contributed by atoms with Gasteiger partial charge in [-0.1, -0.05) is 36.4 Å². The molecule has 6 rings (SSSR count). The minimum Gasteiger partial charge on any atom is -0.377 e. The Bertz CT molecular complexity index is 1790. The van der Waals surface area contributed by atoms with E-state index < -0.39 is 10.0 Å². The predicted molar refractivity (Wildman–Crippen MR) is 158 cm³/mol. The summed E-state index contributed by atoms with van der Waals surface area (Å²) in [5, 5.41) is 4.39. The fraction of sp³-hybridized carbons (Fsp3) is 0.290. The first-order valence-electron chi connectivity index (χ1n) is 13.4. The van der Waals surface area contributed by atoms with Gasteiger partial charge in [-0.3, -0.25) is 9.59 Å². The highest BCUT2D eigenvalue weighted by atomic mass is 32.2. The summed E-state index contributed by atoms with van der Waals surface area (Å²) in [5.74, 6) is -0.216. The van der Waals surface area contributed by atoms with Crippen LogP contribution in [0.15, 0.2) is 82.5 Å². The molecule has 0 aliphatic carbocycles. The van der Waals surface area contributed by atoms with Crippen molar-refractivity contribution in [2.24, 2.45) is 5.92 Å². The normalized spacial score (nSPS) is 18.8. The maximum atomic E-state index is 14.2. The fourth-order valence-corrected chi connectivity index (χ4v) is 8.13. The van der Waals surface area contributed by atoms with Crippen LogP contribution in [0.25, 0.3) is 21.9 Å². The first-order valence-corrected chi connectivity index (χ1v) is 14.9. The van der Waals surface area contributed by atoms with Crippen LogP contribution in [0.2, 0.25) is 0 Å². The molecule has 40 heavy (non-hydrogen) atoms. The third-order valence-corrected chi connectivity index (χ3v) is 9.92. The summed E-state index contributed by atoms with van der Waals surface area (Å²) in [6.07, 6.45) is 0.826. The molecule has 1 amide bonds. The number of carbonyl (C=O) groups is 1. The van der Waals surface area contributed by atoms with Crippen molar-refractivity contribution in [1.82, 2.24) is 8.87 Å². The number of fused-ring (bicyclic) bond motifs is 5. The number of rotatable bonds is 5. The van der Waals surface area contributed by atoms with Gasteiger partial charge in [-0.05, 0) is 48.2 Å². The number of pyridine rings is 1. The van der Waals surface area contributed by atoms with Crippen LogP contribution in [0, 0.1) is 5.92 Å². The van der Waals surface area contributed by atoms with E-state index in [0.29, 0.717) is 35.6 Å². The molecule has 9 heteroatoms. The van der Waals surface area contributed by atoms with Gasteiger partial charge in [0.05, 0.1) is 4.90 Å². The number of anilines is 2. The Kier molecular flexibility index (Phi) is 6.51. The van der Waals surface area contributed by atoms with Crippen LogP contribution in [0.4, 0.5) is 11.4 Å². The number of amides is 1. The standard InChI is InChI=1S/C31H32N4O4S/c1-20(36)32-24-12-10-22(11-13-24)25-14-15-30(37)35-18-21-16-23(31(25)35)19-34(17-21)40(38,39)29-9-5-6-26-27(29)7-4-8-28(26)33(2)3/h4-15,21,23H,16-19H2,1-3H3,(H,32,36)/t21-,23+/m0/s1. The second-order valence-electron chi connectivity index (χ2n) is 11.0. The van der Waals surface area contributed by atoms with E-state index in [4.69, 9.17) is 0 Å². The fourth-order valence-electron chi connectivity index (χ4n) is 6.37. The lowest BCUT2D eigenvalue weighted by molar-refractivity contribution is -0.114. The molecule has 1 saturated heterocycles. The molecule has 4 aromatic rings. The zero-order chi connectivity index (χ0) is 28.2. The van der Waals surface area contributed by atoms with Crippen LogP contribution in [-0.4, -0.2) is 50.4 Å². The van der Waals surface area contributed by atoms with E-state index >= 15 is 0 Å². The number of hydrogen-bond acceptors (Lipinski definition) is 5. The lowest BCUT2D eigenvalue weighted by atomic mass is 9.81. The van der Waals surface area contributed by atoms with Crippen LogP contribution in [0.5, 0.6) is 0 Å². The highest BCUT2D eigenvalue weighted by Crippen LogP contribution is 2.42. The summed E-state index contributed by atoms with van der Waals surface area (Å²) < 4.78 is 31.8. The maximum Gasteiger partial charge on any atom is 0.250 e. The molecule has 206 valence electrons. The van der Waals surface area contributed by atoms with Crippen LogP contribution in [-0.2, 0) is 21.4 Å². The quantitative estimate of drug-likeness (QED) is 0.391. The third kappa shape index (κ3) is 4.49. The molecule has 2 bridgehead atoms. The second-order valence-corrected chi connectivity index (χ2v) is 12.9. The topological polar surface area (TPSA) is 91.7 Å². The largest absolute Gasteiger partial charge is 0.377 e. The number of benzene rings is 3. The number of nitrogens with zero attached hydrogens (tertiary/aromatic N) is 3. The van der Waals surface area contributed by atoms with Gasteiger partial charge in [-0.25, -0.2) is 8.42 Å². The van der Waals surface area contributed by atoms with Crippen molar-refractivity contribution < 1.29 is 13.2 Å². The minimum atomic E-state index is -3.79. The summed E-state index contributed by atoms with van der Waals surface area (Å²) in [6, 6.07) is 22.2. The zero-order valence-electron chi connectivity index (χ0n) is 22.8. The van der Waals surface area contributed by atoms with Crippen molar-refractivity contribution in [2.75, 3.05) is 37.4 Å². The molecule has 2 atom stereocenters. The van der Waals surface area contributed by atoms with Crippen LogP contribution in [0.1, 0.15) is 25.0 Å². The Morgan fingerprint density at radius 2 is 1.62 bits per heavy atom. The Hall–Kier alpha value is -3.95. The molecule has 1 fully saturated rings. The minimum absolute atomic E-state index is 0.0448. The van der Waals surface area contributed by atoms with E-state index in [9.17, 15) is 18.0 Å². The molecule has 3 heterocycles. The van der Waals surface area contributed by atoms with Crippen molar-refractivity contribution in [3.05, 3.63) is 88.8 Å². The van der Waals surface area contributed by atoms with Gasteiger partial charge in [0, 0.05) is 86.0 Å². The Balaban J connectivity index is 1.39. The van der Waals surface area contributed by atoms with Crippen LogP contribution in [0.3, 0.4) is 0 Å². The number of aromatic nitrogens is 1. The number of piperidine rings is 1. The SMILES string of the molecule is CC(=O)Nc1ccc(-c2ccc(=O)n3c2[C@@H]2C[C@@H](CN(S(=O)(=O)c4cccc5c(N(C)C)cccc45)C2)C3)cc1. The van der Waals surface area contributed by atoms with Crippen molar-refractivity contribution in [1.29, 1.82) is 0 Å². The summed E-state index contributed by atoms with van der Waals surface area (Å²) in [4.78, 5) is 26.7. The highest BCUT2D eigenvalue weighted by molar-refractivity contribution is 7.89. The van der Waals surface area contributed by atoms with Gasteiger partial charge in [-0.15, -0.1) is 0 Å². The molecule has 2 aliphatic heterocycles. The van der Waals surface area contributed by atoms with Crippen molar-refractivity contribution >= 4 is 38.1 Å². The third-order valence-electron chi connectivity index (χ3n) is 8.03. The summed E-state index contributed by atoms with van der Waals surface area (Å²) in [5.41, 5.74) is 4.31. The monoisotopic (exact) mass is 556 g/mol. The first-order chi connectivity index (χ1) is 19.1. The average molecular weight is 557 g/mol. The molecular weight excluding hydrogens is 524 g/mol. The summed E-state index contributed by atoms with van der Waals surface area (Å²) in [7, 11) is 0.108. The van der Waals surface area contributed by atoms with E-state index in [2.05, 4.69) is 5.32 Å². The van der Waals surface area contributed by atoms with Crippen molar-refractivity contribution in [3.63, 3.8) is 0 Å². The summed E-state index contributed by atoms with van der Waals surface area (Å²) >= 11 is 0. The van der Waals surface area contributed by atoms with Crippen LogP contribution >= 0.6 is 0 Å². The Labute approximate surface area is 233 Å². The lowest BCUT2D eigenvalue weighted by Crippen LogP contribution is -2.49. The first kappa shape index (κ1) is 26.3. The number of carbonyl (C=O) groups excluding carboxylic acids is 1. The Morgan fingerprint density at radius 3 is 2.35 bits per heavy atom. The second kappa shape index (κ2) is 9.91. The molecule has 0 spiro atoms. The van der Waals surface area contributed by atoms with Crippen molar-refractivity contribution in [2.45, 2.75) is 30.7 Å². The number of nitrogens with one attached hydrogen (secondary N) is 1. The molecule has 8 nitrogen and oxygen atoms in total. The van der Waals surface area contributed by atoms with Gasteiger partial charge in [0.1, 0.15) is 0 Å². The van der Waals surface area contributed by atoms with Gasteiger partial charge in [0.15, 0.2) is 0 Å². The molecule has 0 radical (unpaired) electrons. The van der Waals surface area contributed by atoms with E-state index in [0.717, 1.165) is 34.3 Å². The molecule has 1 aromatic heterocycles. The predicted octanol–water partition coefficient (Wildman–Crippen LogP) is 4.50. The van der Waals surface area contributed by atoms with E-state index in [1.807, 2.05) is 84.2 Å². The van der Waals surface area contributed by atoms with E-state index in [-0.39, 0.29) is 23.3 Å². The van der Waals surface area contributed by atoms with Crippen molar-refractivity contribution in [3.8, 4) is 11.1 Å². The number of hydrogen-bond donors (Lipinski definition) is 1. The van der Waals surface area contributed by atoms with Gasteiger partial charge in [-0.2, -0.15) is 4.31 Å².